The predicted molar refractivity (Wildman–Crippen MR) is 111 cm³/mol. The third-order valence-corrected chi connectivity index (χ3v) is 5.44. The van der Waals surface area contributed by atoms with E-state index in [9.17, 15) is 0 Å². The average Bonchev–Trinajstić information content (AvgIpc) is 3.28. The Morgan fingerprint density at radius 2 is 1.76 bits per heavy atom. The van der Waals surface area contributed by atoms with Gasteiger partial charge in [-0.2, -0.15) is 0 Å². The summed E-state index contributed by atoms with van der Waals surface area (Å²) >= 11 is 0. The molecule has 2 aliphatic heterocycles. The summed E-state index contributed by atoms with van der Waals surface area (Å²) in [5.41, 5.74) is 2.38. The fourth-order valence-electron chi connectivity index (χ4n) is 3.86. The molecule has 1 atom stereocenters. The number of nitrogens with zero attached hydrogens (tertiary/aromatic N) is 4. The summed E-state index contributed by atoms with van der Waals surface area (Å²) in [4.78, 5) is 13.8. The van der Waals surface area contributed by atoms with Gasteiger partial charge in [0.2, 0.25) is 5.95 Å². The van der Waals surface area contributed by atoms with E-state index in [1.807, 2.05) is 24.5 Å². The zero-order valence-electron chi connectivity index (χ0n) is 17.1. The summed E-state index contributed by atoms with van der Waals surface area (Å²) in [6.07, 6.45) is 6.49. The largest absolute Gasteiger partial charge is 0.497 e. The summed E-state index contributed by atoms with van der Waals surface area (Å²) in [6, 6.07) is 8.28. The maximum Gasteiger partial charge on any atom is 0.225 e. The minimum Gasteiger partial charge on any atom is -0.497 e. The lowest BCUT2D eigenvalue weighted by Crippen LogP contribution is -2.37. The van der Waals surface area contributed by atoms with Gasteiger partial charge < -0.3 is 19.1 Å². The molecule has 3 heterocycles. The lowest BCUT2D eigenvalue weighted by atomic mass is 10.1. The highest BCUT2D eigenvalue weighted by Gasteiger charge is 2.20. The second-order valence-electron chi connectivity index (χ2n) is 7.64. The molecule has 0 bridgehead atoms. The third-order valence-electron chi connectivity index (χ3n) is 5.44. The van der Waals surface area contributed by atoms with Crippen molar-refractivity contribution in [1.82, 2.24) is 14.9 Å². The van der Waals surface area contributed by atoms with Crippen LogP contribution in [0.1, 0.15) is 24.0 Å². The molecule has 0 spiro atoms. The molecule has 0 amide bonds. The molecule has 1 aromatic carbocycles. The monoisotopic (exact) mass is 398 g/mol. The third kappa shape index (κ3) is 5.65. The summed E-state index contributed by atoms with van der Waals surface area (Å²) in [6.45, 7) is 6.62. The quantitative estimate of drug-likeness (QED) is 0.677. The number of benzene rings is 1. The van der Waals surface area contributed by atoms with Crippen molar-refractivity contribution in [3.8, 4) is 5.75 Å². The zero-order valence-corrected chi connectivity index (χ0v) is 17.1. The molecule has 0 aliphatic carbocycles. The van der Waals surface area contributed by atoms with Crippen LogP contribution < -0.4 is 9.64 Å². The molecule has 1 aromatic heterocycles. The molecule has 2 aliphatic rings. The first-order valence-corrected chi connectivity index (χ1v) is 10.4. The lowest BCUT2D eigenvalue weighted by molar-refractivity contribution is 0.0678. The van der Waals surface area contributed by atoms with Gasteiger partial charge in [0, 0.05) is 57.3 Å². The van der Waals surface area contributed by atoms with Crippen LogP contribution in [-0.4, -0.2) is 67.5 Å². The van der Waals surface area contributed by atoms with E-state index in [0.29, 0.717) is 6.10 Å². The minimum absolute atomic E-state index is 0.307. The van der Waals surface area contributed by atoms with Gasteiger partial charge in [-0.05, 0) is 30.5 Å². The molecule has 4 rings (SSSR count). The van der Waals surface area contributed by atoms with Crippen LogP contribution in [0.2, 0.25) is 0 Å². The Morgan fingerprint density at radius 1 is 1.03 bits per heavy atom. The number of morpholine rings is 1. The highest BCUT2D eigenvalue weighted by atomic mass is 16.5. The topological polar surface area (TPSA) is 60.0 Å². The van der Waals surface area contributed by atoms with Gasteiger partial charge in [0.25, 0.3) is 0 Å². The Morgan fingerprint density at radius 3 is 2.41 bits per heavy atom. The molecule has 0 radical (unpaired) electrons. The van der Waals surface area contributed by atoms with Crippen LogP contribution in [0.3, 0.4) is 0 Å². The number of aromatic nitrogens is 2. The van der Waals surface area contributed by atoms with Crippen LogP contribution in [0, 0.1) is 0 Å². The van der Waals surface area contributed by atoms with Gasteiger partial charge >= 0.3 is 0 Å². The molecule has 7 nitrogen and oxygen atoms in total. The predicted octanol–water partition coefficient (Wildman–Crippen LogP) is 2.50. The maximum absolute atomic E-state index is 5.88. The Hall–Kier alpha value is -2.22. The first kappa shape index (κ1) is 20.1. The van der Waals surface area contributed by atoms with E-state index >= 15 is 0 Å². The van der Waals surface area contributed by atoms with Crippen molar-refractivity contribution in [1.29, 1.82) is 0 Å². The molecule has 0 N–H and O–H groups in total. The van der Waals surface area contributed by atoms with Gasteiger partial charge in [0.1, 0.15) is 5.75 Å². The molecular formula is C22H30N4O3. The maximum atomic E-state index is 5.88. The lowest BCUT2D eigenvalue weighted by Gasteiger charge is -2.27. The number of rotatable bonds is 8. The van der Waals surface area contributed by atoms with Gasteiger partial charge in [-0.25, -0.2) is 9.97 Å². The molecule has 1 unspecified atom stereocenters. The summed E-state index contributed by atoms with van der Waals surface area (Å²) in [7, 11) is 1.69. The van der Waals surface area contributed by atoms with Crippen molar-refractivity contribution < 1.29 is 14.2 Å². The molecule has 2 fully saturated rings. The Bertz CT molecular complexity index is 742. The molecular weight excluding hydrogens is 368 g/mol. The summed E-state index contributed by atoms with van der Waals surface area (Å²) in [5.74, 6) is 1.67. The van der Waals surface area contributed by atoms with E-state index in [0.717, 1.165) is 82.6 Å². The van der Waals surface area contributed by atoms with Crippen molar-refractivity contribution in [3.63, 3.8) is 0 Å². The Balaban J connectivity index is 1.42. The highest BCUT2D eigenvalue weighted by Crippen LogP contribution is 2.19. The molecule has 0 saturated carbocycles. The van der Waals surface area contributed by atoms with E-state index in [-0.39, 0.29) is 0 Å². The van der Waals surface area contributed by atoms with Crippen LogP contribution in [0.25, 0.3) is 0 Å². The average molecular weight is 399 g/mol. The smallest absolute Gasteiger partial charge is 0.225 e. The van der Waals surface area contributed by atoms with Crippen molar-refractivity contribution in [2.45, 2.75) is 32.0 Å². The molecule has 156 valence electrons. The van der Waals surface area contributed by atoms with Crippen molar-refractivity contribution in [2.75, 3.05) is 51.5 Å². The van der Waals surface area contributed by atoms with Crippen molar-refractivity contribution in [2.24, 2.45) is 0 Å². The molecule has 2 aromatic rings. The number of hydrogen-bond donors (Lipinski definition) is 0. The zero-order chi connectivity index (χ0) is 19.9. The van der Waals surface area contributed by atoms with E-state index < -0.39 is 0 Å². The fraction of sp³-hybridized carbons (Fsp3) is 0.545. The van der Waals surface area contributed by atoms with Gasteiger partial charge in [0.15, 0.2) is 0 Å². The first-order valence-electron chi connectivity index (χ1n) is 10.4. The van der Waals surface area contributed by atoms with Gasteiger partial charge in [-0.1, -0.05) is 12.1 Å². The van der Waals surface area contributed by atoms with E-state index in [1.54, 1.807) is 7.11 Å². The SMILES string of the molecule is COc1ccc(CN(Cc2cnc(N3CCOCC3)nc2)CC2CCCO2)cc1. The number of methoxy groups -OCH3 is 1. The standard InChI is InChI=1S/C22H30N4O3/c1-27-20-6-4-18(5-7-20)15-25(17-21-3-2-10-29-21)16-19-13-23-22(24-14-19)26-8-11-28-12-9-26/h4-7,13-14,21H,2-3,8-12,15-17H2,1H3. The number of hydrogen-bond acceptors (Lipinski definition) is 7. The van der Waals surface area contributed by atoms with Crippen LogP contribution in [0.15, 0.2) is 36.7 Å². The van der Waals surface area contributed by atoms with Crippen LogP contribution in [0.5, 0.6) is 5.75 Å². The van der Waals surface area contributed by atoms with Crippen LogP contribution in [-0.2, 0) is 22.6 Å². The highest BCUT2D eigenvalue weighted by molar-refractivity contribution is 5.30. The van der Waals surface area contributed by atoms with Gasteiger partial charge in [-0.3, -0.25) is 4.90 Å². The Kier molecular flexibility index (Phi) is 6.92. The normalized spacial score (nSPS) is 19.7. The van der Waals surface area contributed by atoms with Gasteiger partial charge in [0.05, 0.1) is 26.4 Å². The number of ether oxygens (including phenoxy) is 3. The number of anilines is 1. The first-order chi connectivity index (χ1) is 14.3. The van der Waals surface area contributed by atoms with E-state index in [4.69, 9.17) is 14.2 Å². The molecule has 29 heavy (non-hydrogen) atoms. The van der Waals surface area contributed by atoms with Crippen molar-refractivity contribution >= 4 is 5.95 Å². The van der Waals surface area contributed by atoms with E-state index in [1.165, 1.54) is 5.56 Å². The molecule has 7 heteroatoms. The second kappa shape index (κ2) is 10.0. The van der Waals surface area contributed by atoms with Gasteiger partial charge in [-0.15, -0.1) is 0 Å². The fourth-order valence-corrected chi connectivity index (χ4v) is 3.86. The van der Waals surface area contributed by atoms with Crippen LogP contribution >= 0.6 is 0 Å². The second-order valence-corrected chi connectivity index (χ2v) is 7.64. The van der Waals surface area contributed by atoms with Crippen LogP contribution in [0.4, 0.5) is 5.95 Å². The summed E-state index contributed by atoms with van der Waals surface area (Å²) in [5, 5.41) is 0. The Labute approximate surface area is 172 Å². The summed E-state index contributed by atoms with van der Waals surface area (Å²) < 4.78 is 16.6. The minimum atomic E-state index is 0.307. The van der Waals surface area contributed by atoms with Crippen molar-refractivity contribution in [3.05, 3.63) is 47.8 Å². The molecule has 2 saturated heterocycles. The van der Waals surface area contributed by atoms with E-state index in [2.05, 4.69) is 31.9 Å².